The van der Waals surface area contributed by atoms with Crippen molar-refractivity contribution in [2.45, 2.75) is 57.0 Å². The third kappa shape index (κ3) is 3.59. The van der Waals surface area contributed by atoms with Crippen LogP contribution in [-0.2, 0) is 4.79 Å². The number of hydrogen-bond donors (Lipinski definition) is 3. The molecule has 0 aromatic heterocycles. The topological polar surface area (TPSA) is 70.2 Å². The van der Waals surface area contributed by atoms with Crippen LogP contribution in [-0.4, -0.2) is 23.5 Å². The zero-order valence-electron chi connectivity index (χ0n) is 16.9. The van der Waals surface area contributed by atoms with Crippen molar-refractivity contribution in [2.24, 2.45) is 17.8 Å². The van der Waals surface area contributed by atoms with Crippen LogP contribution >= 0.6 is 0 Å². The van der Waals surface area contributed by atoms with Gasteiger partial charge in [-0.1, -0.05) is 36.4 Å². The average Bonchev–Trinajstić information content (AvgIpc) is 2.66. The van der Waals surface area contributed by atoms with Crippen molar-refractivity contribution in [1.82, 2.24) is 10.6 Å². The largest absolute Gasteiger partial charge is 0.373 e. The maximum absolute atomic E-state index is 12.6. The molecule has 0 aliphatic heterocycles. The van der Waals surface area contributed by atoms with Gasteiger partial charge in [0, 0.05) is 16.6 Å². The Morgan fingerprint density at radius 2 is 1.55 bits per heavy atom. The smallest absolute Gasteiger partial charge is 0.321 e. The first-order valence-corrected chi connectivity index (χ1v) is 10.9. The van der Waals surface area contributed by atoms with E-state index in [1.165, 1.54) is 19.3 Å². The van der Waals surface area contributed by atoms with Crippen molar-refractivity contribution < 1.29 is 9.59 Å². The highest BCUT2D eigenvalue weighted by atomic mass is 16.2. The summed E-state index contributed by atoms with van der Waals surface area (Å²) in [5.74, 6) is 1.96. The summed E-state index contributed by atoms with van der Waals surface area (Å²) in [6, 6.07) is 13.2. The molecule has 0 heterocycles. The van der Waals surface area contributed by atoms with Crippen LogP contribution in [0.1, 0.15) is 45.4 Å². The molecule has 2 aromatic carbocycles. The molecule has 4 bridgehead atoms. The van der Waals surface area contributed by atoms with E-state index in [2.05, 4.69) is 16.0 Å². The number of anilines is 1. The summed E-state index contributed by atoms with van der Waals surface area (Å²) in [6.07, 6.45) is 7.20. The van der Waals surface area contributed by atoms with E-state index in [9.17, 15) is 9.59 Å². The molecule has 5 heteroatoms. The van der Waals surface area contributed by atoms with Gasteiger partial charge >= 0.3 is 6.03 Å². The number of imide groups is 1. The van der Waals surface area contributed by atoms with Crippen molar-refractivity contribution in [2.75, 3.05) is 5.32 Å². The molecule has 0 radical (unpaired) electrons. The minimum atomic E-state index is -0.511. The maximum Gasteiger partial charge on any atom is 0.321 e. The predicted octanol–water partition coefficient (Wildman–Crippen LogP) is 4.43. The summed E-state index contributed by atoms with van der Waals surface area (Å²) in [5, 5.41) is 11.2. The van der Waals surface area contributed by atoms with Crippen molar-refractivity contribution in [3.63, 3.8) is 0 Å². The molecule has 1 atom stereocenters. The Morgan fingerprint density at radius 3 is 2.24 bits per heavy atom. The van der Waals surface area contributed by atoms with E-state index in [0.29, 0.717) is 0 Å². The predicted molar refractivity (Wildman–Crippen MR) is 115 cm³/mol. The molecule has 4 saturated carbocycles. The van der Waals surface area contributed by atoms with Crippen LogP contribution < -0.4 is 16.0 Å². The van der Waals surface area contributed by atoms with Gasteiger partial charge in [0.25, 0.3) is 0 Å². The molecule has 0 unspecified atom stereocenters. The molecule has 5 nitrogen and oxygen atoms in total. The molecule has 2 aromatic rings. The van der Waals surface area contributed by atoms with Gasteiger partial charge in [0.1, 0.15) is 6.04 Å². The van der Waals surface area contributed by atoms with Crippen LogP contribution in [0.15, 0.2) is 42.5 Å². The lowest BCUT2D eigenvalue weighted by molar-refractivity contribution is -0.120. The molecule has 152 valence electrons. The molecular formula is C24H29N3O2. The lowest BCUT2D eigenvalue weighted by Crippen LogP contribution is -2.62. The number of urea groups is 1. The summed E-state index contributed by atoms with van der Waals surface area (Å²) < 4.78 is 0. The minimum Gasteiger partial charge on any atom is -0.373 e. The number of carbonyl (C=O) groups is 2. The Balaban J connectivity index is 1.21. The standard InChI is InChI=1S/C24H29N3O2/c1-15(25-21-8-4-6-19-5-2-3-7-20(19)21)22(28)26-23(29)27-24-12-16-9-17(13-24)11-18(10-16)14-24/h2-8,15-18,25H,9-14H2,1H3,(H2,26,27,28,29)/t15-,16?,17?,18?,24?/m0/s1. The Bertz CT molecular complexity index is 914. The second-order valence-corrected chi connectivity index (χ2v) is 9.53. The van der Waals surface area contributed by atoms with Gasteiger partial charge in [-0.3, -0.25) is 10.1 Å². The molecule has 3 amide bonds. The lowest BCUT2D eigenvalue weighted by Gasteiger charge is -2.56. The zero-order chi connectivity index (χ0) is 20.0. The van der Waals surface area contributed by atoms with Gasteiger partial charge in [-0.25, -0.2) is 4.79 Å². The number of benzene rings is 2. The summed E-state index contributed by atoms with van der Waals surface area (Å²) >= 11 is 0. The highest BCUT2D eigenvalue weighted by Crippen LogP contribution is 2.55. The second kappa shape index (κ2) is 7.05. The lowest BCUT2D eigenvalue weighted by atomic mass is 9.53. The van der Waals surface area contributed by atoms with Crippen LogP contribution in [0.3, 0.4) is 0 Å². The number of hydrogen-bond acceptors (Lipinski definition) is 3. The van der Waals surface area contributed by atoms with Crippen LogP contribution in [0, 0.1) is 17.8 Å². The summed E-state index contributed by atoms with van der Waals surface area (Å²) in [7, 11) is 0. The van der Waals surface area contributed by atoms with E-state index in [4.69, 9.17) is 0 Å². The molecule has 4 aliphatic rings. The third-order valence-corrected chi connectivity index (χ3v) is 7.21. The number of fused-ring (bicyclic) bond motifs is 1. The minimum absolute atomic E-state index is 0.0919. The average molecular weight is 392 g/mol. The van der Waals surface area contributed by atoms with Gasteiger partial charge in [-0.2, -0.15) is 0 Å². The number of nitrogens with one attached hydrogen (secondary N) is 3. The zero-order valence-corrected chi connectivity index (χ0v) is 16.9. The van der Waals surface area contributed by atoms with Crippen molar-refractivity contribution in [3.8, 4) is 0 Å². The highest BCUT2D eigenvalue weighted by molar-refractivity contribution is 6.00. The first-order chi connectivity index (χ1) is 14.0. The first-order valence-electron chi connectivity index (χ1n) is 10.9. The first kappa shape index (κ1) is 18.5. The van der Waals surface area contributed by atoms with Crippen LogP contribution in [0.4, 0.5) is 10.5 Å². The van der Waals surface area contributed by atoms with E-state index in [1.54, 1.807) is 6.92 Å². The number of carbonyl (C=O) groups excluding carboxylic acids is 2. The second-order valence-electron chi connectivity index (χ2n) is 9.53. The summed E-state index contributed by atoms with van der Waals surface area (Å²) in [5.41, 5.74) is 0.804. The molecule has 4 aliphatic carbocycles. The fourth-order valence-corrected chi connectivity index (χ4v) is 6.41. The van der Waals surface area contributed by atoms with E-state index in [0.717, 1.165) is 53.5 Å². The quantitative estimate of drug-likeness (QED) is 0.722. The molecule has 6 rings (SSSR count). The third-order valence-electron chi connectivity index (χ3n) is 7.21. The van der Waals surface area contributed by atoms with Gasteiger partial charge in [0.2, 0.25) is 5.91 Å². The maximum atomic E-state index is 12.6. The SMILES string of the molecule is C[C@H](Nc1cccc2ccccc12)C(=O)NC(=O)NC12CC3CC(CC(C3)C1)C2. The van der Waals surface area contributed by atoms with Gasteiger partial charge in [-0.05, 0) is 74.7 Å². The summed E-state index contributed by atoms with van der Waals surface area (Å²) in [4.78, 5) is 25.3. The highest BCUT2D eigenvalue weighted by Gasteiger charge is 2.51. The van der Waals surface area contributed by atoms with Gasteiger partial charge in [-0.15, -0.1) is 0 Å². The van der Waals surface area contributed by atoms with Crippen molar-refractivity contribution in [1.29, 1.82) is 0 Å². The Hall–Kier alpha value is -2.56. The fourth-order valence-electron chi connectivity index (χ4n) is 6.41. The van der Waals surface area contributed by atoms with E-state index >= 15 is 0 Å². The molecule has 4 fully saturated rings. The number of rotatable bonds is 4. The van der Waals surface area contributed by atoms with Crippen LogP contribution in [0.5, 0.6) is 0 Å². The van der Waals surface area contributed by atoms with Crippen LogP contribution in [0.25, 0.3) is 10.8 Å². The van der Waals surface area contributed by atoms with Crippen molar-refractivity contribution >= 4 is 28.4 Å². The van der Waals surface area contributed by atoms with Gasteiger partial charge < -0.3 is 10.6 Å². The Morgan fingerprint density at radius 1 is 0.931 bits per heavy atom. The van der Waals surface area contributed by atoms with E-state index in [1.807, 2.05) is 42.5 Å². The molecule has 3 N–H and O–H groups in total. The normalized spacial score (nSPS) is 30.7. The monoisotopic (exact) mass is 391 g/mol. The van der Waals surface area contributed by atoms with Crippen LogP contribution in [0.2, 0.25) is 0 Å². The fraction of sp³-hybridized carbons (Fsp3) is 0.500. The molecule has 29 heavy (non-hydrogen) atoms. The molecule has 0 spiro atoms. The Labute approximate surface area is 171 Å². The summed E-state index contributed by atoms with van der Waals surface area (Å²) in [6.45, 7) is 1.79. The molecule has 0 saturated heterocycles. The van der Waals surface area contributed by atoms with Gasteiger partial charge in [0.05, 0.1) is 0 Å². The van der Waals surface area contributed by atoms with E-state index in [-0.39, 0.29) is 17.5 Å². The molecular weight excluding hydrogens is 362 g/mol. The number of amides is 3. The van der Waals surface area contributed by atoms with Crippen molar-refractivity contribution in [3.05, 3.63) is 42.5 Å². The van der Waals surface area contributed by atoms with E-state index < -0.39 is 6.04 Å². The Kier molecular flexibility index (Phi) is 4.49. The van der Waals surface area contributed by atoms with Gasteiger partial charge in [0.15, 0.2) is 0 Å².